The number of carbonyl (C=O) groups is 1. The Labute approximate surface area is 194 Å². The maximum atomic E-state index is 12.8. The largest absolute Gasteiger partial charge is 0.495 e. The number of benzene rings is 3. The van der Waals surface area contributed by atoms with Gasteiger partial charge in [-0.25, -0.2) is 8.42 Å². The van der Waals surface area contributed by atoms with Gasteiger partial charge < -0.3 is 14.8 Å². The highest BCUT2D eigenvalue weighted by Gasteiger charge is 2.30. The molecule has 3 aromatic rings. The van der Waals surface area contributed by atoms with E-state index in [0.29, 0.717) is 17.5 Å². The first-order valence-corrected chi connectivity index (χ1v) is 11.3. The predicted molar refractivity (Wildman–Crippen MR) is 121 cm³/mol. The molecule has 0 aliphatic rings. The van der Waals surface area contributed by atoms with Crippen molar-refractivity contribution in [3.63, 3.8) is 0 Å². The fourth-order valence-electron chi connectivity index (χ4n) is 2.94. The lowest BCUT2D eigenvalue weighted by molar-refractivity contribution is -0.137. The minimum atomic E-state index is -4.60. The van der Waals surface area contributed by atoms with E-state index >= 15 is 0 Å². The standard InChI is InChI=1S/C23H21F3N2O5S/c1-15-6-11-21(32-2)20(12-15)27-22(29)14-33-18-7-9-19(10-8-18)34(30,31)28-17-5-3-4-16(13-17)23(24,25)26/h3-13,28H,14H2,1-2H3,(H,27,29). The van der Waals surface area contributed by atoms with Gasteiger partial charge in [0, 0.05) is 5.69 Å². The smallest absolute Gasteiger partial charge is 0.416 e. The summed E-state index contributed by atoms with van der Waals surface area (Å²) in [5.41, 5.74) is 0.210. The van der Waals surface area contributed by atoms with Crippen LogP contribution in [-0.2, 0) is 21.0 Å². The number of nitrogens with one attached hydrogen (secondary N) is 2. The summed E-state index contributed by atoms with van der Waals surface area (Å²) < 4.78 is 76.3. The first kappa shape index (κ1) is 24.9. The monoisotopic (exact) mass is 494 g/mol. The lowest BCUT2D eigenvalue weighted by atomic mass is 10.2. The molecule has 0 bridgehead atoms. The number of methoxy groups -OCH3 is 1. The molecule has 0 fully saturated rings. The van der Waals surface area contributed by atoms with E-state index < -0.39 is 27.7 Å². The van der Waals surface area contributed by atoms with Crippen LogP contribution in [0.5, 0.6) is 11.5 Å². The van der Waals surface area contributed by atoms with Crippen LogP contribution in [0.15, 0.2) is 71.6 Å². The van der Waals surface area contributed by atoms with E-state index in [1.165, 1.54) is 37.4 Å². The lowest BCUT2D eigenvalue weighted by Gasteiger charge is -2.13. The number of hydrogen-bond acceptors (Lipinski definition) is 5. The van der Waals surface area contributed by atoms with E-state index in [1.807, 2.05) is 13.0 Å². The molecule has 1 amide bonds. The Kier molecular flexibility index (Phi) is 7.35. The molecule has 7 nitrogen and oxygen atoms in total. The number of amides is 1. The van der Waals surface area contributed by atoms with Crippen molar-refractivity contribution in [1.82, 2.24) is 0 Å². The van der Waals surface area contributed by atoms with Gasteiger partial charge in [0.05, 0.1) is 23.3 Å². The maximum Gasteiger partial charge on any atom is 0.416 e. The minimum Gasteiger partial charge on any atom is -0.495 e. The van der Waals surface area contributed by atoms with Crippen LogP contribution in [0.25, 0.3) is 0 Å². The van der Waals surface area contributed by atoms with Crippen molar-refractivity contribution in [2.45, 2.75) is 18.0 Å². The van der Waals surface area contributed by atoms with Crippen molar-refractivity contribution >= 4 is 27.3 Å². The summed E-state index contributed by atoms with van der Waals surface area (Å²) in [7, 11) is -2.66. The minimum absolute atomic E-state index is 0.189. The van der Waals surface area contributed by atoms with Gasteiger partial charge in [0.2, 0.25) is 0 Å². The van der Waals surface area contributed by atoms with Crippen LogP contribution in [0.4, 0.5) is 24.5 Å². The second-order valence-electron chi connectivity index (χ2n) is 7.20. The average Bonchev–Trinajstić information content (AvgIpc) is 2.77. The highest BCUT2D eigenvalue weighted by atomic mass is 32.2. The molecule has 0 aromatic heterocycles. The van der Waals surface area contributed by atoms with E-state index in [-0.39, 0.29) is 22.9 Å². The number of aryl methyl sites for hydroxylation is 1. The third kappa shape index (κ3) is 6.41. The Morgan fingerprint density at radius 2 is 1.71 bits per heavy atom. The molecule has 0 atom stereocenters. The Morgan fingerprint density at radius 1 is 1.00 bits per heavy atom. The zero-order valence-corrected chi connectivity index (χ0v) is 19.0. The first-order chi connectivity index (χ1) is 16.0. The summed E-state index contributed by atoms with van der Waals surface area (Å²) in [6.07, 6.45) is -4.60. The molecular weight excluding hydrogens is 473 g/mol. The van der Waals surface area contributed by atoms with Gasteiger partial charge in [-0.1, -0.05) is 12.1 Å². The van der Waals surface area contributed by atoms with Gasteiger partial charge >= 0.3 is 6.18 Å². The second-order valence-corrected chi connectivity index (χ2v) is 8.88. The van der Waals surface area contributed by atoms with E-state index in [4.69, 9.17) is 9.47 Å². The number of anilines is 2. The molecule has 0 heterocycles. The third-order valence-corrected chi connectivity index (χ3v) is 5.97. The van der Waals surface area contributed by atoms with Crippen LogP contribution in [0.3, 0.4) is 0 Å². The van der Waals surface area contributed by atoms with E-state index in [0.717, 1.165) is 17.7 Å². The summed E-state index contributed by atoms with van der Waals surface area (Å²) in [4.78, 5) is 12.0. The maximum absolute atomic E-state index is 12.8. The summed E-state index contributed by atoms with van der Waals surface area (Å²) in [5.74, 6) is 0.262. The molecule has 0 unspecified atom stereocenters. The molecule has 0 aliphatic heterocycles. The zero-order valence-electron chi connectivity index (χ0n) is 18.1. The molecule has 0 saturated carbocycles. The highest BCUT2D eigenvalue weighted by Crippen LogP contribution is 2.31. The predicted octanol–water partition coefficient (Wildman–Crippen LogP) is 4.84. The Balaban J connectivity index is 1.62. The molecule has 3 aromatic carbocycles. The lowest BCUT2D eigenvalue weighted by Crippen LogP contribution is -2.20. The van der Waals surface area contributed by atoms with E-state index in [2.05, 4.69) is 10.0 Å². The van der Waals surface area contributed by atoms with E-state index in [9.17, 15) is 26.4 Å². The summed E-state index contributed by atoms with van der Waals surface area (Å²) in [6, 6.07) is 14.3. The molecular formula is C23H21F3N2O5S. The van der Waals surface area contributed by atoms with Gasteiger partial charge in [0.1, 0.15) is 11.5 Å². The van der Waals surface area contributed by atoms with Crippen molar-refractivity contribution in [3.8, 4) is 11.5 Å². The average molecular weight is 494 g/mol. The molecule has 180 valence electrons. The number of sulfonamides is 1. The normalized spacial score (nSPS) is 11.6. The molecule has 34 heavy (non-hydrogen) atoms. The number of rotatable bonds is 8. The van der Waals surface area contributed by atoms with E-state index in [1.54, 1.807) is 12.1 Å². The molecule has 0 spiro atoms. The van der Waals surface area contributed by atoms with Crippen molar-refractivity contribution in [2.24, 2.45) is 0 Å². The Bertz CT molecular complexity index is 1280. The first-order valence-electron chi connectivity index (χ1n) is 9.85. The van der Waals surface area contributed by atoms with Crippen molar-refractivity contribution in [1.29, 1.82) is 0 Å². The molecule has 2 N–H and O–H groups in total. The Hall–Kier alpha value is -3.73. The summed E-state index contributed by atoms with van der Waals surface area (Å²) in [6.45, 7) is 1.52. The van der Waals surface area contributed by atoms with Crippen molar-refractivity contribution in [3.05, 3.63) is 77.9 Å². The quantitative estimate of drug-likeness (QED) is 0.468. The number of halogens is 3. The highest BCUT2D eigenvalue weighted by molar-refractivity contribution is 7.92. The molecule has 0 aliphatic carbocycles. The third-order valence-electron chi connectivity index (χ3n) is 4.58. The number of alkyl halides is 3. The van der Waals surface area contributed by atoms with Gasteiger partial charge in [0.25, 0.3) is 15.9 Å². The number of ether oxygens (including phenoxy) is 2. The van der Waals surface area contributed by atoms with Crippen LogP contribution in [0.2, 0.25) is 0 Å². The van der Waals surface area contributed by atoms with Gasteiger partial charge in [-0.05, 0) is 67.1 Å². The van der Waals surface area contributed by atoms with Gasteiger partial charge in [0.15, 0.2) is 6.61 Å². The van der Waals surface area contributed by atoms with Crippen molar-refractivity contribution < 1.29 is 35.9 Å². The summed E-state index contributed by atoms with van der Waals surface area (Å²) in [5, 5.41) is 2.68. The van der Waals surface area contributed by atoms with Gasteiger partial charge in [-0.3, -0.25) is 9.52 Å². The van der Waals surface area contributed by atoms with Crippen LogP contribution in [0.1, 0.15) is 11.1 Å². The Morgan fingerprint density at radius 3 is 2.35 bits per heavy atom. The molecule has 3 rings (SSSR count). The van der Waals surface area contributed by atoms with Crippen LogP contribution in [0, 0.1) is 6.92 Å². The SMILES string of the molecule is COc1ccc(C)cc1NC(=O)COc1ccc(S(=O)(=O)Nc2cccc(C(F)(F)F)c2)cc1. The van der Waals surface area contributed by atoms with Gasteiger partial charge in [-0.15, -0.1) is 0 Å². The van der Waals surface area contributed by atoms with Crippen LogP contribution in [-0.4, -0.2) is 28.0 Å². The number of carbonyl (C=O) groups excluding carboxylic acids is 1. The fraction of sp³-hybridized carbons (Fsp3) is 0.174. The number of hydrogen-bond donors (Lipinski definition) is 2. The summed E-state index contributed by atoms with van der Waals surface area (Å²) >= 11 is 0. The van der Waals surface area contributed by atoms with Crippen LogP contribution < -0.4 is 19.5 Å². The fourth-order valence-corrected chi connectivity index (χ4v) is 3.99. The van der Waals surface area contributed by atoms with Crippen molar-refractivity contribution in [2.75, 3.05) is 23.8 Å². The molecule has 0 saturated heterocycles. The zero-order chi connectivity index (χ0) is 24.9. The van der Waals surface area contributed by atoms with Crippen LogP contribution >= 0.6 is 0 Å². The molecule has 0 radical (unpaired) electrons. The topological polar surface area (TPSA) is 93.7 Å². The second kappa shape index (κ2) is 10.0. The molecule has 11 heteroatoms. The van der Waals surface area contributed by atoms with Gasteiger partial charge in [-0.2, -0.15) is 13.2 Å².